The number of nitrogens with one attached hydrogen (secondary N) is 4. The quantitative estimate of drug-likeness (QED) is 0.0707. The van der Waals surface area contributed by atoms with E-state index in [4.69, 9.17) is 9.47 Å². The van der Waals surface area contributed by atoms with Gasteiger partial charge in [0.1, 0.15) is 23.6 Å². The number of hydrazine groups is 1. The monoisotopic (exact) mass is 986 g/mol. The summed E-state index contributed by atoms with van der Waals surface area (Å²) in [5.41, 5.74) is 2.41. The van der Waals surface area contributed by atoms with Crippen LogP contribution in [0.2, 0.25) is 0 Å². The number of halogens is 6. The maximum Gasteiger partial charge on any atom is 0.573 e. The average Bonchev–Trinajstić information content (AvgIpc) is 4.10. The van der Waals surface area contributed by atoms with Crippen molar-refractivity contribution in [2.24, 2.45) is 0 Å². The number of ether oxygens (including phenoxy) is 4. The van der Waals surface area contributed by atoms with Crippen LogP contribution in [0.4, 0.5) is 36.6 Å². The number of fused-ring (bicyclic) bond motifs is 2. The second kappa shape index (κ2) is 20.8. The molecule has 4 heterocycles. The van der Waals surface area contributed by atoms with E-state index < -0.39 is 85.2 Å². The van der Waals surface area contributed by atoms with E-state index in [2.05, 4.69) is 40.7 Å². The van der Waals surface area contributed by atoms with E-state index in [1.54, 1.807) is 10.0 Å². The van der Waals surface area contributed by atoms with Gasteiger partial charge in [-0.15, -0.1) is 26.3 Å². The summed E-state index contributed by atoms with van der Waals surface area (Å²) in [6, 6.07) is 24.0. The van der Waals surface area contributed by atoms with Crippen LogP contribution in [0.15, 0.2) is 97.1 Å². The first-order chi connectivity index (χ1) is 32.5. The second-order valence-corrected chi connectivity index (χ2v) is 17.6. The minimum absolute atomic E-state index is 0.0788. The van der Waals surface area contributed by atoms with Crippen LogP contribution in [0.1, 0.15) is 24.0 Å². The highest BCUT2D eigenvalue weighted by molar-refractivity contribution is 7.22. The molecule has 2 aliphatic rings. The summed E-state index contributed by atoms with van der Waals surface area (Å²) in [4.78, 5) is 62.9. The molecule has 0 saturated carbocycles. The van der Waals surface area contributed by atoms with Crippen LogP contribution in [-0.2, 0) is 41.9 Å². The molecule has 4 amide bonds. The number of anilines is 2. The highest BCUT2D eigenvalue weighted by Crippen LogP contribution is 2.34. The van der Waals surface area contributed by atoms with Crippen molar-refractivity contribution >= 4 is 77.0 Å². The number of amides is 4. The Labute approximate surface area is 390 Å². The van der Waals surface area contributed by atoms with Crippen molar-refractivity contribution in [2.75, 3.05) is 36.8 Å². The van der Waals surface area contributed by atoms with Crippen LogP contribution in [0.3, 0.4) is 0 Å². The topological polar surface area (TPSA) is 186 Å². The molecule has 0 unspecified atom stereocenters. The van der Waals surface area contributed by atoms with Gasteiger partial charge in [-0.3, -0.25) is 19.2 Å². The van der Waals surface area contributed by atoms with Crippen LogP contribution in [0, 0.1) is 0 Å². The molecule has 4 aromatic carbocycles. The van der Waals surface area contributed by atoms with Crippen molar-refractivity contribution < 1.29 is 64.5 Å². The summed E-state index contributed by atoms with van der Waals surface area (Å²) in [6.07, 6.45) is -10.5. The number of aromatic nitrogens is 2. The maximum absolute atomic E-state index is 14.1. The number of alkyl halides is 6. The molecule has 24 heteroatoms. The number of benzene rings is 4. The molecule has 4 N–H and O–H groups in total. The van der Waals surface area contributed by atoms with Crippen molar-refractivity contribution in [3.63, 3.8) is 0 Å². The van der Waals surface area contributed by atoms with E-state index in [9.17, 15) is 45.5 Å². The Morgan fingerprint density at radius 2 is 0.985 bits per heavy atom. The van der Waals surface area contributed by atoms with Crippen LogP contribution >= 0.6 is 22.7 Å². The van der Waals surface area contributed by atoms with Gasteiger partial charge in [0, 0.05) is 38.1 Å². The minimum Gasteiger partial charge on any atom is -0.406 e. The van der Waals surface area contributed by atoms with E-state index in [0.717, 1.165) is 58.1 Å². The summed E-state index contributed by atoms with van der Waals surface area (Å²) >= 11 is 1.83. The average molecular weight is 987 g/mol. The first-order valence-corrected chi connectivity index (χ1v) is 22.5. The first kappa shape index (κ1) is 48.0. The molecule has 8 rings (SSSR count). The Kier molecular flexibility index (Phi) is 14.7. The molecule has 358 valence electrons. The van der Waals surface area contributed by atoms with Crippen LogP contribution in [0.5, 0.6) is 11.5 Å². The van der Waals surface area contributed by atoms with E-state index in [1.165, 1.54) is 12.1 Å². The van der Waals surface area contributed by atoms with Gasteiger partial charge in [0.15, 0.2) is 10.3 Å². The molecule has 6 aromatic rings. The molecule has 68 heavy (non-hydrogen) atoms. The summed E-state index contributed by atoms with van der Waals surface area (Å²) < 4.78 is 97.8. The van der Waals surface area contributed by atoms with E-state index in [1.807, 2.05) is 60.7 Å². The van der Waals surface area contributed by atoms with Gasteiger partial charge < -0.3 is 40.2 Å². The highest BCUT2D eigenvalue weighted by Gasteiger charge is 2.48. The zero-order valence-electron chi connectivity index (χ0n) is 35.3. The van der Waals surface area contributed by atoms with Crippen LogP contribution in [-0.4, -0.2) is 107 Å². The molecule has 2 aliphatic heterocycles. The predicted octanol–water partition coefficient (Wildman–Crippen LogP) is 6.75. The number of hydrogen-bond acceptors (Lipinski definition) is 14. The number of carbonyl (C=O) groups is 4. The molecule has 16 nitrogen and oxygen atoms in total. The van der Waals surface area contributed by atoms with Gasteiger partial charge in [0.25, 0.3) is 0 Å². The van der Waals surface area contributed by atoms with Gasteiger partial charge in [0.2, 0.25) is 23.6 Å². The zero-order chi connectivity index (χ0) is 48.0. The zero-order valence-corrected chi connectivity index (χ0v) is 37.0. The lowest BCUT2D eigenvalue weighted by molar-refractivity contribution is -0.275. The molecule has 4 atom stereocenters. The van der Waals surface area contributed by atoms with Crippen molar-refractivity contribution in [3.8, 4) is 11.5 Å². The third-order valence-electron chi connectivity index (χ3n) is 10.6. The third kappa shape index (κ3) is 13.0. The predicted molar refractivity (Wildman–Crippen MR) is 236 cm³/mol. The Morgan fingerprint density at radius 3 is 1.37 bits per heavy atom. The fourth-order valence-corrected chi connectivity index (χ4v) is 9.46. The molecule has 2 saturated heterocycles. The fraction of sp³-hybridized carbons (Fsp3) is 0.318. The maximum atomic E-state index is 14.1. The van der Waals surface area contributed by atoms with Gasteiger partial charge >= 0.3 is 12.7 Å². The second-order valence-electron chi connectivity index (χ2n) is 15.5. The largest absolute Gasteiger partial charge is 0.573 e. The first-order valence-electron chi connectivity index (χ1n) is 20.8. The lowest BCUT2D eigenvalue weighted by atomic mass is 10.1. The summed E-state index contributed by atoms with van der Waals surface area (Å²) in [5, 5.41) is 14.0. The Balaban J connectivity index is 0.952. The SMILES string of the molecule is O=C(CNC(=O)[C@@H]1C[C@@H](OCc2ccccc2)CN1N1C[C@H](OCc2ccccc2)C[C@H]1C(=O)NCC(=O)Nc1nc2ccc(OC(F)(F)F)cc2s1)Nc1nc2ccc(OC(F)(F)F)cc2s1. The lowest BCUT2D eigenvalue weighted by Gasteiger charge is -2.36. The van der Waals surface area contributed by atoms with Gasteiger partial charge in [0.05, 0.1) is 58.9 Å². The molecular formula is C44H40F6N8O8S2. The lowest BCUT2D eigenvalue weighted by Crippen LogP contribution is -2.57. The Hall–Kier alpha value is -6.44. The van der Waals surface area contributed by atoms with Gasteiger partial charge in [-0.25, -0.2) is 20.0 Å². The Bertz CT molecular complexity index is 2560. The van der Waals surface area contributed by atoms with Gasteiger partial charge in [-0.2, -0.15) is 0 Å². The van der Waals surface area contributed by atoms with E-state index in [-0.39, 0.29) is 49.4 Å². The fourth-order valence-electron chi connectivity index (χ4n) is 7.64. The molecule has 2 aromatic heterocycles. The number of carbonyl (C=O) groups excluding carboxylic acids is 4. The normalized spacial score (nSPS) is 19.0. The third-order valence-corrected chi connectivity index (χ3v) is 12.5. The van der Waals surface area contributed by atoms with E-state index >= 15 is 0 Å². The molecule has 0 bridgehead atoms. The van der Waals surface area contributed by atoms with Crippen molar-refractivity contribution in [1.29, 1.82) is 0 Å². The molecule has 2 fully saturated rings. The minimum atomic E-state index is -4.89. The van der Waals surface area contributed by atoms with Crippen molar-refractivity contribution in [3.05, 3.63) is 108 Å². The molecule has 0 radical (unpaired) electrons. The van der Waals surface area contributed by atoms with Gasteiger partial charge in [-0.05, 0) is 35.4 Å². The standard InChI is InChI=1S/C44H40F6N8O8S2/c45-43(46,47)65-27-11-13-31-35(17-27)67-41(53-31)55-37(59)19-51-39(61)33-15-29(63-23-25-7-3-1-4-8-25)21-57(33)58-22-30(64-24-26-9-5-2-6-10-26)16-34(58)40(62)52-20-38(60)56-42-54-32-14-12-28(18-36(32)68-42)66-44(48,49)50/h1-14,17-18,29-30,33-34H,15-16,19-24H2,(H,51,61)(H,52,62)(H,53,55,59)(H,54,56,60)/t29-,30-,33+,34+/m1/s1. The summed E-state index contributed by atoms with van der Waals surface area (Å²) in [5.74, 6) is -3.36. The van der Waals surface area contributed by atoms with Crippen LogP contribution < -0.4 is 30.7 Å². The van der Waals surface area contributed by atoms with Crippen molar-refractivity contribution in [2.45, 2.75) is 63.1 Å². The number of nitrogens with zero attached hydrogens (tertiary/aromatic N) is 4. The molecule has 0 aliphatic carbocycles. The Morgan fingerprint density at radius 1 is 0.588 bits per heavy atom. The smallest absolute Gasteiger partial charge is 0.406 e. The molecule has 0 spiro atoms. The summed E-state index contributed by atoms with van der Waals surface area (Å²) in [7, 11) is 0. The van der Waals surface area contributed by atoms with Gasteiger partial charge in [-0.1, -0.05) is 83.3 Å². The van der Waals surface area contributed by atoms with E-state index in [0.29, 0.717) is 20.4 Å². The number of thiazole rings is 2. The molecular weight excluding hydrogens is 947 g/mol. The van der Waals surface area contributed by atoms with Crippen LogP contribution in [0.25, 0.3) is 20.4 Å². The number of rotatable bonds is 17. The van der Waals surface area contributed by atoms with Crippen molar-refractivity contribution in [1.82, 2.24) is 30.6 Å². The highest BCUT2D eigenvalue weighted by atomic mass is 32.1. The number of hydrogen-bond donors (Lipinski definition) is 4. The summed E-state index contributed by atoms with van der Waals surface area (Å²) in [6.45, 7) is -0.244.